The molecule has 2 amide bonds. The lowest BCUT2D eigenvalue weighted by Crippen LogP contribution is -2.24. The van der Waals surface area contributed by atoms with Gasteiger partial charge in [0.25, 0.3) is 11.8 Å². The number of carbonyl (C=O) groups is 3. The Morgan fingerprint density at radius 3 is 2.39 bits per heavy atom. The van der Waals surface area contributed by atoms with Gasteiger partial charge in [-0.3, -0.25) is 14.4 Å². The molecule has 2 N–H and O–H groups in total. The molecular formula is C29H28N2O5. The summed E-state index contributed by atoms with van der Waals surface area (Å²) in [5.74, 6) is 0.175. The third kappa shape index (κ3) is 5.30. The summed E-state index contributed by atoms with van der Waals surface area (Å²) in [6.07, 6.45) is 1.76. The van der Waals surface area contributed by atoms with Crippen LogP contribution in [0, 0.1) is 20.8 Å². The van der Waals surface area contributed by atoms with Crippen molar-refractivity contribution in [2.45, 2.75) is 34.2 Å². The van der Waals surface area contributed by atoms with Gasteiger partial charge in [0.05, 0.1) is 5.57 Å². The molecule has 0 radical (unpaired) electrons. The minimum atomic E-state index is -0.410. The van der Waals surface area contributed by atoms with Crippen LogP contribution in [0.1, 0.15) is 45.1 Å². The minimum absolute atomic E-state index is 0.0999. The van der Waals surface area contributed by atoms with Gasteiger partial charge in [-0.1, -0.05) is 36.4 Å². The van der Waals surface area contributed by atoms with Crippen LogP contribution in [0.5, 0.6) is 11.5 Å². The lowest BCUT2D eigenvalue weighted by atomic mass is 9.94. The monoisotopic (exact) mass is 484 g/mol. The molecule has 4 rings (SSSR count). The first-order valence-electron chi connectivity index (χ1n) is 11.6. The van der Waals surface area contributed by atoms with E-state index in [1.54, 1.807) is 30.3 Å². The number of benzene rings is 3. The quantitative estimate of drug-likeness (QED) is 0.384. The summed E-state index contributed by atoms with van der Waals surface area (Å²) >= 11 is 0. The number of ether oxygens (including phenoxy) is 2. The van der Waals surface area contributed by atoms with Crippen LogP contribution in [0.4, 0.5) is 5.69 Å². The summed E-state index contributed by atoms with van der Waals surface area (Å²) in [7, 11) is 0. The highest BCUT2D eigenvalue weighted by molar-refractivity contribution is 6.08. The molecule has 1 aliphatic heterocycles. The van der Waals surface area contributed by atoms with E-state index in [2.05, 4.69) is 10.6 Å². The fraction of sp³-hybridized carbons (Fsp3) is 0.207. The lowest BCUT2D eigenvalue weighted by Gasteiger charge is -2.24. The molecule has 7 heteroatoms. The fourth-order valence-corrected chi connectivity index (χ4v) is 4.10. The Balaban J connectivity index is 1.51. The second kappa shape index (κ2) is 10.5. The summed E-state index contributed by atoms with van der Waals surface area (Å²) in [4.78, 5) is 37.3. The number of rotatable bonds is 6. The average Bonchev–Trinajstić information content (AvgIpc) is 2.88. The van der Waals surface area contributed by atoms with Crippen molar-refractivity contribution in [3.63, 3.8) is 0 Å². The standard InChI is InChI=1S/C29H28N2O5/c1-17-18(2)27-25(19(3)26(17)36-20(4)32)14-23(16-35-27)29(34)31-24-12-8-11-22(13-24)28(33)30-15-21-9-6-5-7-10-21/h5-14H,15-16H2,1-4H3,(H,30,33)(H,31,34). The van der Waals surface area contributed by atoms with Crippen molar-refractivity contribution in [3.05, 3.63) is 93.6 Å². The topological polar surface area (TPSA) is 93.7 Å². The van der Waals surface area contributed by atoms with Gasteiger partial charge in [0, 0.05) is 35.8 Å². The second-order valence-corrected chi connectivity index (χ2v) is 8.70. The number of anilines is 1. The Kier molecular flexibility index (Phi) is 7.20. The first-order chi connectivity index (χ1) is 17.2. The SMILES string of the molecule is CC(=O)Oc1c(C)c(C)c2c(c1C)C=C(C(=O)Nc1cccc(C(=O)NCc3ccccc3)c1)CO2. The number of esters is 1. The Morgan fingerprint density at radius 2 is 1.67 bits per heavy atom. The fourth-order valence-electron chi connectivity index (χ4n) is 4.10. The zero-order valence-electron chi connectivity index (χ0n) is 20.7. The average molecular weight is 485 g/mol. The molecular weight excluding hydrogens is 456 g/mol. The van der Waals surface area contributed by atoms with Crippen LogP contribution in [-0.2, 0) is 16.1 Å². The molecule has 184 valence electrons. The molecule has 0 saturated carbocycles. The van der Waals surface area contributed by atoms with Crippen molar-refractivity contribution in [2.24, 2.45) is 0 Å². The lowest BCUT2D eigenvalue weighted by molar-refractivity contribution is -0.132. The molecule has 0 aromatic heterocycles. The smallest absolute Gasteiger partial charge is 0.308 e. The zero-order valence-corrected chi connectivity index (χ0v) is 20.7. The maximum atomic E-state index is 13.0. The normalized spacial score (nSPS) is 12.1. The highest BCUT2D eigenvalue weighted by Gasteiger charge is 2.25. The molecule has 36 heavy (non-hydrogen) atoms. The van der Waals surface area contributed by atoms with Gasteiger partial charge >= 0.3 is 5.97 Å². The maximum absolute atomic E-state index is 13.0. The Bertz CT molecular complexity index is 1380. The van der Waals surface area contributed by atoms with Crippen LogP contribution >= 0.6 is 0 Å². The van der Waals surface area contributed by atoms with Gasteiger partial charge < -0.3 is 20.1 Å². The summed E-state index contributed by atoms with van der Waals surface area (Å²) in [6, 6.07) is 16.4. The summed E-state index contributed by atoms with van der Waals surface area (Å²) in [6.45, 7) is 7.47. The van der Waals surface area contributed by atoms with E-state index in [1.807, 2.05) is 51.1 Å². The van der Waals surface area contributed by atoms with Crippen LogP contribution < -0.4 is 20.1 Å². The molecule has 0 aliphatic carbocycles. The third-order valence-corrected chi connectivity index (χ3v) is 6.14. The summed E-state index contributed by atoms with van der Waals surface area (Å²) in [5, 5.41) is 5.74. The Labute approximate surface area is 210 Å². The number of hydrogen-bond donors (Lipinski definition) is 2. The molecule has 0 fully saturated rings. The van der Waals surface area contributed by atoms with E-state index in [1.165, 1.54) is 6.92 Å². The third-order valence-electron chi connectivity index (χ3n) is 6.14. The van der Waals surface area contributed by atoms with Crippen LogP contribution in [-0.4, -0.2) is 24.4 Å². The van der Waals surface area contributed by atoms with Gasteiger partial charge in [-0.05, 0) is 61.7 Å². The highest BCUT2D eigenvalue weighted by Crippen LogP contribution is 2.41. The van der Waals surface area contributed by atoms with Gasteiger partial charge in [0.2, 0.25) is 0 Å². The zero-order chi connectivity index (χ0) is 25.8. The number of hydrogen-bond acceptors (Lipinski definition) is 5. The summed E-state index contributed by atoms with van der Waals surface area (Å²) in [5.41, 5.74) is 5.47. The van der Waals surface area contributed by atoms with Crippen LogP contribution in [0.3, 0.4) is 0 Å². The van der Waals surface area contributed by atoms with Crippen molar-refractivity contribution in [3.8, 4) is 11.5 Å². The summed E-state index contributed by atoms with van der Waals surface area (Å²) < 4.78 is 11.4. The molecule has 1 aliphatic rings. The molecule has 3 aromatic rings. The largest absolute Gasteiger partial charge is 0.488 e. The van der Waals surface area contributed by atoms with Gasteiger partial charge in [0.15, 0.2) is 0 Å². The van der Waals surface area contributed by atoms with E-state index >= 15 is 0 Å². The number of amides is 2. The van der Waals surface area contributed by atoms with E-state index in [4.69, 9.17) is 9.47 Å². The molecule has 0 atom stereocenters. The molecule has 0 bridgehead atoms. The molecule has 3 aromatic carbocycles. The molecule has 7 nitrogen and oxygen atoms in total. The van der Waals surface area contributed by atoms with E-state index in [0.717, 1.165) is 22.3 Å². The van der Waals surface area contributed by atoms with Crippen molar-refractivity contribution >= 4 is 29.5 Å². The predicted molar refractivity (Wildman–Crippen MR) is 138 cm³/mol. The van der Waals surface area contributed by atoms with Gasteiger partial charge in [-0.25, -0.2) is 0 Å². The highest BCUT2D eigenvalue weighted by atomic mass is 16.5. The van der Waals surface area contributed by atoms with Crippen LogP contribution in [0.2, 0.25) is 0 Å². The predicted octanol–water partition coefficient (Wildman–Crippen LogP) is 4.88. The van der Waals surface area contributed by atoms with Gasteiger partial charge in [-0.2, -0.15) is 0 Å². The number of carbonyl (C=O) groups excluding carboxylic acids is 3. The maximum Gasteiger partial charge on any atom is 0.308 e. The van der Waals surface area contributed by atoms with Gasteiger partial charge in [-0.15, -0.1) is 0 Å². The van der Waals surface area contributed by atoms with Gasteiger partial charge in [0.1, 0.15) is 18.1 Å². The van der Waals surface area contributed by atoms with E-state index in [0.29, 0.717) is 40.4 Å². The van der Waals surface area contributed by atoms with E-state index in [9.17, 15) is 14.4 Å². The molecule has 0 unspecified atom stereocenters. The van der Waals surface area contributed by atoms with Crippen LogP contribution in [0.15, 0.2) is 60.2 Å². The number of nitrogens with one attached hydrogen (secondary N) is 2. The number of fused-ring (bicyclic) bond motifs is 1. The van der Waals surface area contributed by atoms with Crippen LogP contribution in [0.25, 0.3) is 6.08 Å². The molecule has 0 spiro atoms. The Hall–Kier alpha value is -4.39. The van der Waals surface area contributed by atoms with E-state index in [-0.39, 0.29) is 18.4 Å². The Morgan fingerprint density at radius 1 is 0.917 bits per heavy atom. The van der Waals surface area contributed by atoms with Crippen molar-refractivity contribution in [1.82, 2.24) is 5.32 Å². The first-order valence-corrected chi connectivity index (χ1v) is 11.6. The molecule has 0 saturated heterocycles. The first kappa shape index (κ1) is 24.7. The minimum Gasteiger partial charge on any atom is -0.488 e. The second-order valence-electron chi connectivity index (χ2n) is 8.70. The van der Waals surface area contributed by atoms with Crippen molar-refractivity contribution < 1.29 is 23.9 Å². The van der Waals surface area contributed by atoms with E-state index < -0.39 is 5.97 Å². The van der Waals surface area contributed by atoms with Crippen molar-refractivity contribution in [2.75, 3.05) is 11.9 Å². The van der Waals surface area contributed by atoms with Crippen molar-refractivity contribution in [1.29, 1.82) is 0 Å². The molecule has 1 heterocycles.